The molecule has 2 aliphatic heterocycles. The third kappa shape index (κ3) is 8.22. The second kappa shape index (κ2) is 12.1. The molecule has 0 aromatic heterocycles. The third-order valence-corrected chi connectivity index (χ3v) is 5.65. The van der Waals surface area contributed by atoms with Crippen LogP contribution < -0.4 is 10.6 Å². The fourth-order valence-electron chi connectivity index (χ4n) is 4.16. The van der Waals surface area contributed by atoms with Gasteiger partial charge in [0.1, 0.15) is 0 Å². The molecule has 2 heterocycles. The Kier molecular flexibility index (Phi) is 10.2. The van der Waals surface area contributed by atoms with E-state index in [0.29, 0.717) is 32.0 Å². The number of hydrogen-bond acceptors (Lipinski definition) is 3. The van der Waals surface area contributed by atoms with Crippen LogP contribution in [0.25, 0.3) is 0 Å². The molecular formula is C21H33F3IN5. The molecule has 0 saturated carbocycles. The lowest BCUT2D eigenvalue weighted by Gasteiger charge is -2.27. The number of aliphatic imine (C=N–C) groups is 1. The number of benzene rings is 1. The number of rotatable bonds is 6. The van der Waals surface area contributed by atoms with Gasteiger partial charge in [-0.1, -0.05) is 30.7 Å². The van der Waals surface area contributed by atoms with Crippen LogP contribution in [0.15, 0.2) is 29.3 Å². The summed E-state index contributed by atoms with van der Waals surface area (Å²) in [6.45, 7) is 3.89. The van der Waals surface area contributed by atoms with Gasteiger partial charge in [-0.3, -0.25) is 14.8 Å². The second-order valence-corrected chi connectivity index (χ2v) is 8.01. The molecular weight excluding hydrogens is 506 g/mol. The number of likely N-dealkylation sites (tertiary alicyclic amines) is 2. The largest absolute Gasteiger partial charge is 0.401 e. The van der Waals surface area contributed by atoms with E-state index in [1.54, 1.807) is 7.05 Å². The molecule has 0 aliphatic carbocycles. The fourth-order valence-corrected chi connectivity index (χ4v) is 4.16. The molecule has 1 atom stereocenters. The van der Waals surface area contributed by atoms with Crippen molar-refractivity contribution < 1.29 is 13.2 Å². The van der Waals surface area contributed by atoms with Crippen LogP contribution in [0.5, 0.6) is 0 Å². The van der Waals surface area contributed by atoms with Crippen LogP contribution >= 0.6 is 24.0 Å². The van der Waals surface area contributed by atoms with E-state index in [-0.39, 0.29) is 30.0 Å². The lowest BCUT2D eigenvalue weighted by molar-refractivity contribution is -0.143. The Balaban J connectivity index is 0.00000320. The molecule has 1 aromatic carbocycles. The number of alkyl halides is 3. The zero-order chi connectivity index (χ0) is 20.7. The first-order valence-corrected chi connectivity index (χ1v) is 10.5. The average Bonchev–Trinajstić information content (AvgIpc) is 3.12. The Morgan fingerprint density at radius 2 is 1.77 bits per heavy atom. The van der Waals surface area contributed by atoms with E-state index in [4.69, 9.17) is 0 Å². The molecule has 5 nitrogen and oxygen atoms in total. The van der Waals surface area contributed by atoms with Gasteiger partial charge in [0.25, 0.3) is 0 Å². The predicted octanol–water partition coefficient (Wildman–Crippen LogP) is 3.59. The van der Waals surface area contributed by atoms with Crippen LogP contribution in [-0.2, 0) is 13.1 Å². The summed E-state index contributed by atoms with van der Waals surface area (Å²) < 4.78 is 37.7. The Labute approximate surface area is 194 Å². The highest BCUT2D eigenvalue weighted by molar-refractivity contribution is 14.0. The van der Waals surface area contributed by atoms with Crippen molar-refractivity contribution >= 4 is 29.9 Å². The molecule has 3 rings (SSSR count). The Hall–Kier alpha value is -1.07. The maximum atomic E-state index is 12.6. The van der Waals surface area contributed by atoms with Crippen molar-refractivity contribution in [2.75, 3.05) is 39.8 Å². The minimum Gasteiger partial charge on any atom is -0.352 e. The van der Waals surface area contributed by atoms with Crippen molar-refractivity contribution in [3.05, 3.63) is 35.4 Å². The number of halogens is 4. The van der Waals surface area contributed by atoms with Crippen LogP contribution in [-0.4, -0.2) is 67.7 Å². The SMILES string of the molecule is CN=C(NCc1ccccc1CN1CCCCC1)NC1CCN(CC(F)(F)F)C1.I. The molecule has 1 aromatic rings. The molecule has 2 fully saturated rings. The molecule has 9 heteroatoms. The van der Waals surface area contributed by atoms with Gasteiger partial charge in [0.2, 0.25) is 0 Å². The van der Waals surface area contributed by atoms with E-state index in [1.807, 2.05) is 6.07 Å². The predicted molar refractivity (Wildman–Crippen MR) is 125 cm³/mol. The van der Waals surface area contributed by atoms with Crippen molar-refractivity contribution in [2.45, 2.75) is 51.0 Å². The summed E-state index contributed by atoms with van der Waals surface area (Å²) in [5.74, 6) is 0.636. The van der Waals surface area contributed by atoms with Gasteiger partial charge in [0, 0.05) is 39.3 Å². The minimum atomic E-state index is -4.15. The van der Waals surface area contributed by atoms with Gasteiger partial charge in [-0.25, -0.2) is 0 Å². The molecule has 0 amide bonds. The monoisotopic (exact) mass is 539 g/mol. The van der Waals surface area contributed by atoms with Gasteiger partial charge < -0.3 is 10.6 Å². The first-order chi connectivity index (χ1) is 13.9. The number of piperidine rings is 1. The van der Waals surface area contributed by atoms with E-state index in [0.717, 1.165) is 19.6 Å². The zero-order valence-electron chi connectivity index (χ0n) is 17.5. The molecule has 0 bridgehead atoms. The molecule has 30 heavy (non-hydrogen) atoms. The standard InChI is InChI=1S/C21H32F3N5.HI/c1-25-20(27-19-9-12-29(15-19)16-21(22,23)24)26-13-17-7-3-4-8-18(17)14-28-10-5-2-6-11-28;/h3-4,7-8,19H,2,5-6,9-16H2,1H3,(H2,25,26,27);1H. The Morgan fingerprint density at radius 3 is 2.43 bits per heavy atom. The van der Waals surface area contributed by atoms with E-state index in [2.05, 4.69) is 38.7 Å². The maximum Gasteiger partial charge on any atom is 0.401 e. The fraction of sp³-hybridized carbons (Fsp3) is 0.667. The van der Waals surface area contributed by atoms with Gasteiger partial charge in [-0.15, -0.1) is 24.0 Å². The average molecular weight is 539 g/mol. The Morgan fingerprint density at radius 1 is 1.07 bits per heavy atom. The second-order valence-electron chi connectivity index (χ2n) is 8.01. The lowest BCUT2D eigenvalue weighted by atomic mass is 10.0. The summed E-state index contributed by atoms with van der Waals surface area (Å²) in [5, 5.41) is 6.60. The van der Waals surface area contributed by atoms with Gasteiger partial charge in [-0.2, -0.15) is 13.2 Å². The highest BCUT2D eigenvalue weighted by Gasteiger charge is 2.34. The molecule has 0 spiro atoms. The third-order valence-electron chi connectivity index (χ3n) is 5.65. The number of nitrogens with one attached hydrogen (secondary N) is 2. The van der Waals surface area contributed by atoms with Crippen molar-refractivity contribution in [3.8, 4) is 0 Å². The van der Waals surface area contributed by atoms with Gasteiger partial charge >= 0.3 is 6.18 Å². The quantitative estimate of drug-likeness (QED) is 0.330. The maximum absolute atomic E-state index is 12.6. The van der Waals surface area contributed by atoms with Crippen LogP contribution in [0.1, 0.15) is 36.8 Å². The summed E-state index contributed by atoms with van der Waals surface area (Å²) in [7, 11) is 1.69. The summed E-state index contributed by atoms with van der Waals surface area (Å²) in [6, 6.07) is 8.39. The lowest BCUT2D eigenvalue weighted by Crippen LogP contribution is -2.45. The van der Waals surface area contributed by atoms with Gasteiger partial charge in [-0.05, 0) is 43.5 Å². The summed E-state index contributed by atoms with van der Waals surface area (Å²) in [5.41, 5.74) is 2.54. The van der Waals surface area contributed by atoms with E-state index < -0.39 is 12.7 Å². The summed E-state index contributed by atoms with van der Waals surface area (Å²) in [6.07, 6.45) is 0.395. The van der Waals surface area contributed by atoms with Crippen LogP contribution in [0.3, 0.4) is 0 Å². The highest BCUT2D eigenvalue weighted by atomic mass is 127. The normalized spacial score (nSPS) is 21.3. The molecule has 2 aliphatic rings. The summed E-state index contributed by atoms with van der Waals surface area (Å²) in [4.78, 5) is 8.20. The first kappa shape index (κ1) is 25.2. The van der Waals surface area contributed by atoms with Crippen molar-refractivity contribution in [3.63, 3.8) is 0 Å². The molecule has 2 saturated heterocycles. The highest BCUT2D eigenvalue weighted by Crippen LogP contribution is 2.20. The zero-order valence-corrected chi connectivity index (χ0v) is 19.9. The number of guanidine groups is 1. The number of nitrogens with zero attached hydrogens (tertiary/aromatic N) is 3. The number of hydrogen-bond donors (Lipinski definition) is 2. The minimum absolute atomic E-state index is 0. The molecule has 2 N–H and O–H groups in total. The topological polar surface area (TPSA) is 42.9 Å². The van der Waals surface area contributed by atoms with Gasteiger partial charge in [0.05, 0.1) is 6.54 Å². The van der Waals surface area contributed by atoms with Crippen molar-refractivity contribution in [1.29, 1.82) is 0 Å². The van der Waals surface area contributed by atoms with E-state index >= 15 is 0 Å². The van der Waals surface area contributed by atoms with Crippen LogP contribution in [0.4, 0.5) is 13.2 Å². The van der Waals surface area contributed by atoms with E-state index in [9.17, 15) is 13.2 Å². The van der Waals surface area contributed by atoms with Gasteiger partial charge in [0.15, 0.2) is 5.96 Å². The smallest absolute Gasteiger partial charge is 0.352 e. The van der Waals surface area contributed by atoms with E-state index in [1.165, 1.54) is 35.3 Å². The molecule has 170 valence electrons. The summed E-state index contributed by atoms with van der Waals surface area (Å²) >= 11 is 0. The van der Waals surface area contributed by atoms with Crippen molar-refractivity contribution in [2.24, 2.45) is 4.99 Å². The van der Waals surface area contributed by atoms with Crippen LogP contribution in [0.2, 0.25) is 0 Å². The Bertz CT molecular complexity index is 677. The van der Waals surface area contributed by atoms with Crippen LogP contribution in [0, 0.1) is 0 Å². The first-order valence-electron chi connectivity index (χ1n) is 10.5. The molecule has 1 unspecified atom stereocenters. The van der Waals surface area contributed by atoms with Crippen molar-refractivity contribution in [1.82, 2.24) is 20.4 Å². The molecule has 0 radical (unpaired) electrons.